The molecule has 54 heavy (non-hydrogen) atoms. The number of aromatic amines is 2. The summed E-state index contributed by atoms with van der Waals surface area (Å²) in [6, 6.07) is -1.77. The Bertz CT molecular complexity index is 1350. The van der Waals surface area contributed by atoms with E-state index in [0.717, 1.165) is 44.2 Å². The summed E-state index contributed by atoms with van der Waals surface area (Å²) >= 11 is 0. The van der Waals surface area contributed by atoms with Gasteiger partial charge < -0.3 is 31.0 Å². The number of carbonyl (C=O) groups is 5. The number of carbonyl (C=O) groups excluding carboxylic acids is 5. The molecule has 2 aromatic heterocycles. The van der Waals surface area contributed by atoms with E-state index < -0.39 is 29.8 Å². The second-order valence-electron chi connectivity index (χ2n) is 15.6. The molecule has 2 heterocycles. The molecule has 0 fully saturated rings. The summed E-state index contributed by atoms with van der Waals surface area (Å²) in [5.74, 6) is -3.07. The number of rotatable bonds is 31. The summed E-state index contributed by atoms with van der Waals surface area (Å²) in [4.78, 5) is 80.6. The Labute approximate surface area is 322 Å². The quantitative estimate of drug-likeness (QED) is 0.0527. The normalized spacial score (nSPS) is 13.7. The number of ketones is 2. The molecule has 0 saturated heterocycles. The fourth-order valence-corrected chi connectivity index (χ4v) is 6.61. The van der Waals surface area contributed by atoms with Crippen LogP contribution in [0.3, 0.4) is 0 Å². The van der Waals surface area contributed by atoms with Gasteiger partial charge in [0, 0.05) is 74.5 Å². The molecule has 4 atom stereocenters. The lowest BCUT2D eigenvalue weighted by molar-refractivity contribution is -0.135. The number of nitrogens with zero attached hydrogens (tertiary/aromatic N) is 2. The van der Waals surface area contributed by atoms with E-state index in [2.05, 4.69) is 35.9 Å². The molecule has 6 N–H and O–H groups in total. The van der Waals surface area contributed by atoms with Gasteiger partial charge in [-0.15, -0.1) is 0 Å². The summed E-state index contributed by atoms with van der Waals surface area (Å²) in [5.41, 5.74) is 1.43. The first kappa shape index (κ1) is 46.3. The van der Waals surface area contributed by atoms with Gasteiger partial charge in [0.25, 0.3) is 0 Å². The Morgan fingerprint density at radius 2 is 1.15 bits per heavy atom. The number of H-pyrrole nitrogens is 2. The number of nitrogens with one attached hydrogen (secondary N) is 5. The van der Waals surface area contributed by atoms with Crippen LogP contribution in [0.4, 0.5) is 0 Å². The van der Waals surface area contributed by atoms with Gasteiger partial charge >= 0.3 is 0 Å². The van der Waals surface area contributed by atoms with Crippen LogP contribution in [0.15, 0.2) is 25.0 Å². The minimum absolute atomic E-state index is 0.0694. The number of hydrogen-bond acceptors (Lipinski definition) is 8. The smallest absolute Gasteiger partial charge is 0.224 e. The van der Waals surface area contributed by atoms with Crippen LogP contribution in [0.5, 0.6) is 0 Å². The third kappa shape index (κ3) is 19.5. The van der Waals surface area contributed by atoms with Crippen LogP contribution in [-0.4, -0.2) is 79.1 Å². The molecule has 0 saturated carbocycles. The SMILES string of the molecule is CC(C)NC(=O)[C@@H](CC(=O)[C@@H](NC(=O)[C@H](C)CC(=O)[C@H](Cc1cnc[nH]1)NC(=O)CCCCCCCCCCCCCCCO)C(C)C)Cc1cnc[nH]1. The zero-order chi connectivity index (χ0) is 39.7. The van der Waals surface area contributed by atoms with Crippen LogP contribution in [-0.2, 0) is 36.8 Å². The van der Waals surface area contributed by atoms with E-state index in [1.54, 1.807) is 19.3 Å². The number of unbranched alkanes of at least 4 members (excludes halogenated alkanes) is 12. The maximum atomic E-state index is 13.6. The number of imidazole rings is 2. The van der Waals surface area contributed by atoms with Crippen molar-refractivity contribution in [3.63, 3.8) is 0 Å². The van der Waals surface area contributed by atoms with Gasteiger partial charge in [-0.3, -0.25) is 24.0 Å². The summed E-state index contributed by atoms with van der Waals surface area (Å²) in [5, 5.41) is 17.5. The van der Waals surface area contributed by atoms with E-state index >= 15 is 0 Å². The van der Waals surface area contributed by atoms with Gasteiger partial charge in [-0.05, 0) is 32.6 Å². The van der Waals surface area contributed by atoms with Gasteiger partial charge in [0.05, 0.1) is 30.7 Å². The van der Waals surface area contributed by atoms with E-state index in [4.69, 9.17) is 5.11 Å². The molecule has 304 valence electrons. The fraction of sp³-hybridized carbons (Fsp3) is 0.732. The number of aliphatic hydroxyl groups is 1. The third-order valence-corrected chi connectivity index (χ3v) is 9.80. The maximum absolute atomic E-state index is 13.6. The highest BCUT2D eigenvalue weighted by atomic mass is 16.3. The lowest BCUT2D eigenvalue weighted by Gasteiger charge is -2.26. The van der Waals surface area contributed by atoms with Crippen molar-refractivity contribution in [1.29, 1.82) is 0 Å². The van der Waals surface area contributed by atoms with E-state index in [1.165, 1.54) is 57.6 Å². The summed E-state index contributed by atoms with van der Waals surface area (Å²) < 4.78 is 0. The third-order valence-electron chi connectivity index (χ3n) is 9.80. The van der Waals surface area contributed by atoms with Gasteiger partial charge in [0.15, 0.2) is 11.6 Å². The molecule has 0 aliphatic carbocycles. The predicted octanol–water partition coefficient (Wildman–Crippen LogP) is 5.69. The van der Waals surface area contributed by atoms with Crippen molar-refractivity contribution >= 4 is 29.3 Å². The van der Waals surface area contributed by atoms with E-state index in [-0.39, 0.29) is 54.6 Å². The highest BCUT2D eigenvalue weighted by Crippen LogP contribution is 2.18. The highest BCUT2D eigenvalue weighted by molar-refractivity contribution is 5.95. The van der Waals surface area contributed by atoms with Crippen LogP contribution in [0.1, 0.15) is 149 Å². The molecule has 13 heteroatoms. The van der Waals surface area contributed by atoms with Crippen molar-refractivity contribution in [3.8, 4) is 0 Å². The van der Waals surface area contributed by atoms with Crippen molar-refractivity contribution in [2.75, 3.05) is 6.61 Å². The van der Waals surface area contributed by atoms with Crippen molar-refractivity contribution in [3.05, 3.63) is 36.4 Å². The Morgan fingerprint density at radius 3 is 1.63 bits per heavy atom. The first-order valence-corrected chi connectivity index (χ1v) is 20.4. The van der Waals surface area contributed by atoms with Gasteiger partial charge in [0.2, 0.25) is 17.7 Å². The maximum Gasteiger partial charge on any atom is 0.224 e. The van der Waals surface area contributed by atoms with Gasteiger partial charge in [0.1, 0.15) is 0 Å². The molecule has 0 aliphatic heterocycles. The zero-order valence-corrected chi connectivity index (χ0v) is 33.6. The van der Waals surface area contributed by atoms with E-state index in [9.17, 15) is 24.0 Å². The largest absolute Gasteiger partial charge is 0.396 e. The molecule has 0 radical (unpaired) electrons. The average Bonchev–Trinajstić information content (AvgIpc) is 3.84. The minimum atomic E-state index is -0.843. The van der Waals surface area contributed by atoms with Crippen molar-refractivity contribution < 1.29 is 29.1 Å². The van der Waals surface area contributed by atoms with Gasteiger partial charge in [-0.25, -0.2) is 9.97 Å². The highest BCUT2D eigenvalue weighted by Gasteiger charge is 2.32. The first-order valence-electron chi connectivity index (χ1n) is 20.4. The Morgan fingerprint density at radius 1 is 0.630 bits per heavy atom. The van der Waals surface area contributed by atoms with Gasteiger partial charge in [-0.1, -0.05) is 91.4 Å². The first-order chi connectivity index (χ1) is 25.9. The lowest BCUT2D eigenvalue weighted by Crippen LogP contribution is -2.49. The summed E-state index contributed by atoms with van der Waals surface area (Å²) in [6.45, 7) is 9.31. The second kappa shape index (κ2) is 26.8. The molecular formula is C41H69N7O6. The number of Topliss-reactive ketones (excluding diaryl/α,β-unsaturated/α-hetero) is 2. The fourth-order valence-electron chi connectivity index (χ4n) is 6.61. The Balaban J connectivity index is 1.85. The van der Waals surface area contributed by atoms with Crippen molar-refractivity contribution in [2.24, 2.45) is 17.8 Å². The zero-order valence-electron chi connectivity index (χ0n) is 33.6. The molecule has 2 rings (SSSR count). The molecule has 0 spiro atoms. The van der Waals surface area contributed by atoms with Crippen LogP contribution < -0.4 is 16.0 Å². The molecule has 0 bridgehead atoms. The molecule has 0 aliphatic rings. The molecule has 0 aromatic carbocycles. The second-order valence-corrected chi connectivity index (χ2v) is 15.6. The topological polar surface area (TPSA) is 199 Å². The molecule has 0 unspecified atom stereocenters. The molecule has 13 nitrogen and oxygen atoms in total. The molecule has 3 amide bonds. The predicted molar refractivity (Wildman–Crippen MR) is 210 cm³/mol. The van der Waals surface area contributed by atoms with Crippen molar-refractivity contribution in [2.45, 2.75) is 168 Å². The Hall–Kier alpha value is -3.87. The number of aromatic nitrogens is 4. The number of amides is 3. The monoisotopic (exact) mass is 756 g/mol. The number of hydrogen-bond donors (Lipinski definition) is 6. The Kier molecular flexibility index (Phi) is 23.0. The molecule has 2 aromatic rings. The lowest BCUT2D eigenvalue weighted by atomic mass is 9.89. The van der Waals surface area contributed by atoms with Crippen molar-refractivity contribution in [1.82, 2.24) is 35.9 Å². The number of aliphatic hydroxyl groups excluding tert-OH is 1. The van der Waals surface area contributed by atoms with Crippen LogP contribution in [0.25, 0.3) is 0 Å². The van der Waals surface area contributed by atoms with Crippen LogP contribution >= 0.6 is 0 Å². The standard InChI is InChI=1S/C41H69N7O6/c1-29(2)39(37(51)23-32(41(54)46-30(3)4)22-33-25-42-27-44-33)48-40(53)31(5)21-36(50)35(24-34-26-43-28-45-34)47-38(52)19-17-15-13-11-9-7-6-8-10-12-14-16-18-20-49/h25-32,35,39,49H,6-24H2,1-5H3,(H,42,44)(H,43,45)(H,46,54)(H,47,52)(H,48,53)/t31-,32-,35+,39+/m1/s1. The van der Waals surface area contributed by atoms with Crippen LogP contribution in [0, 0.1) is 17.8 Å². The minimum Gasteiger partial charge on any atom is -0.396 e. The van der Waals surface area contributed by atoms with E-state index in [0.29, 0.717) is 25.1 Å². The van der Waals surface area contributed by atoms with E-state index in [1.807, 2.05) is 27.7 Å². The summed E-state index contributed by atoms with van der Waals surface area (Å²) in [7, 11) is 0. The van der Waals surface area contributed by atoms with Crippen LogP contribution in [0.2, 0.25) is 0 Å². The van der Waals surface area contributed by atoms with Gasteiger partial charge in [-0.2, -0.15) is 0 Å². The molecular weight excluding hydrogens is 686 g/mol. The average molecular weight is 756 g/mol. The summed E-state index contributed by atoms with van der Waals surface area (Å²) in [6.07, 6.45) is 21.6.